The highest BCUT2D eigenvalue weighted by Gasteiger charge is 2.11. The number of aryl methyl sites for hydroxylation is 1. The summed E-state index contributed by atoms with van der Waals surface area (Å²) < 4.78 is 4.79. The highest BCUT2D eigenvalue weighted by molar-refractivity contribution is 5.81. The average molecular weight is 277 g/mol. The van der Waals surface area contributed by atoms with Crippen molar-refractivity contribution in [2.45, 2.75) is 46.1 Å². The Kier molecular flexibility index (Phi) is 6.77. The first-order valence-electron chi connectivity index (χ1n) is 7.10. The standard InChI is InChI=1S/C16H23NO3/c1-4-13-6-8-14(9-7-13)12(3)17-15(18)10-11-16(19)20-5-2/h6-9,12H,4-5,10-11H2,1-3H3,(H,17,18). The van der Waals surface area contributed by atoms with Crippen molar-refractivity contribution in [2.75, 3.05) is 6.61 Å². The van der Waals surface area contributed by atoms with E-state index in [0.29, 0.717) is 6.61 Å². The quantitative estimate of drug-likeness (QED) is 0.780. The molecule has 0 saturated heterocycles. The third kappa shape index (κ3) is 5.43. The van der Waals surface area contributed by atoms with Crippen LogP contribution in [0.25, 0.3) is 0 Å². The van der Waals surface area contributed by atoms with E-state index in [1.165, 1.54) is 5.56 Å². The van der Waals surface area contributed by atoms with E-state index in [9.17, 15) is 9.59 Å². The summed E-state index contributed by atoms with van der Waals surface area (Å²) in [5.41, 5.74) is 2.33. The van der Waals surface area contributed by atoms with E-state index < -0.39 is 0 Å². The second-order valence-corrected chi connectivity index (χ2v) is 4.69. The molecule has 4 heteroatoms. The Hall–Kier alpha value is -1.84. The molecule has 1 amide bonds. The van der Waals surface area contributed by atoms with Gasteiger partial charge < -0.3 is 10.1 Å². The predicted molar refractivity (Wildman–Crippen MR) is 78.2 cm³/mol. The fourth-order valence-electron chi connectivity index (χ4n) is 1.89. The van der Waals surface area contributed by atoms with Crippen LogP contribution in [0.4, 0.5) is 0 Å². The molecule has 0 fully saturated rings. The number of amides is 1. The summed E-state index contributed by atoms with van der Waals surface area (Å²) in [7, 11) is 0. The van der Waals surface area contributed by atoms with E-state index in [0.717, 1.165) is 12.0 Å². The number of rotatable bonds is 7. The molecule has 110 valence electrons. The van der Waals surface area contributed by atoms with Crippen molar-refractivity contribution in [3.8, 4) is 0 Å². The average Bonchev–Trinajstić information content (AvgIpc) is 2.45. The molecule has 0 heterocycles. The van der Waals surface area contributed by atoms with Gasteiger partial charge in [-0.2, -0.15) is 0 Å². The van der Waals surface area contributed by atoms with Crippen LogP contribution in [-0.4, -0.2) is 18.5 Å². The Morgan fingerprint density at radius 3 is 2.35 bits per heavy atom. The maximum atomic E-state index is 11.7. The highest BCUT2D eigenvalue weighted by Crippen LogP contribution is 2.14. The zero-order chi connectivity index (χ0) is 15.0. The molecule has 1 rings (SSSR count). The van der Waals surface area contributed by atoms with Gasteiger partial charge in [-0.3, -0.25) is 9.59 Å². The Morgan fingerprint density at radius 1 is 1.15 bits per heavy atom. The number of ether oxygens (including phenoxy) is 1. The van der Waals surface area contributed by atoms with Crippen LogP contribution < -0.4 is 5.32 Å². The Bertz CT molecular complexity index is 440. The van der Waals surface area contributed by atoms with Gasteiger partial charge in [0.15, 0.2) is 0 Å². The van der Waals surface area contributed by atoms with Gasteiger partial charge in [0.2, 0.25) is 5.91 Å². The zero-order valence-electron chi connectivity index (χ0n) is 12.4. The molecule has 0 aliphatic carbocycles. The summed E-state index contributed by atoms with van der Waals surface area (Å²) in [4.78, 5) is 22.9. The molecule has 1 N–H and O–H groups in total. The summed E-state index contributed by atoms with van der Waals surface area (Å²) in [5, 5.41) is 2.88. The maximum absolute atomic E-state index is 11.7. The minimum atomic E-state index is -0.331. The molecule has 1 aromatic rings. The first-order valence-corrected chi connectivity index (χ1v) is 7.10. The normalized spacial score (nSPS) is 11.8. The van der Waals surface area contributed by atoms with Crippen molar-refractivity contribution in [3.05, 3.63) is 35.4 Å². The van der Waals surface area contributed by atoms with Crippen molar-refractivity contribution in [1.82, 2.24) is 5.32 Å². The second kappa shape index (κ2) is 8.35. The molecule has 0 bridgehead atoms. The van der Waals surface area contributed by atoms with Crippen molar-refractivity contribution in [3.63, 3.8) is 0 Å². The van der Waals surface area contributed by atoms with Crippen LogP contribution in [0.2, 0.25) is 0 Å². The van der Waals surface area contributed by atoms with E-state index in [4.69, 9.17) is 4.74 Å². The molecule has 4 nitrogen and oxygen atoms in total. The maximum Gasteiger partial charge on any atom is 0.306 e. The molecule has 0 radical (unpaired) electrons. The van der Waals surface area contributed by atoms with Gasteiger partial charge in [0.05, 0.1) is 19.1 Å². The smallest absolute Gasteiger partial charge is 0.306 e. The van der Waals surface area contributed by atoms with Crippen LogP contribution in [0.3, 0.4) is 0 Å². The van der Waals surface area contributed by atoms with Gasteiger partial charge in [-0.25, -0.2) is 0 Å². The lowest BCUT2D eigenvalue weighted by atomic mass is 10.0. The topological polar surface area (TPSA) is 55.4 Å². The molecule has 0 aliphatic heterocycles. The largest absolute Gasteiger partial charge is 0.466 e. The molecule has 0 saturated carbocycles. The second-order valence-electron chi connectivity index (χ2n) is 4.69. The molecule has 0 aromatic heterocycles. The van der Waals surface area contributed by atoms with Crippen LogP contribution in [0.15, 0.2) is 24.3 Å². The van der Waals surface area contributed by atoms with Crippen molar-refractivity contribution in [2.24, 2.45) is 0 Å². The van der Waals surface area contributed by atoms with Gasteiger partial charge in [-0.1, -0.05) is 31.2 Å². The lowest BCUT2D eigenvalue weighted by molar-refractivity contribution is -0.144. The fraction of sp³-hybridized carbons (Fsp3) is 0.500. The Balaban J connectivity index is 2.42. The van der Waals surface area contributed by atoms with E-state index in [1.54, 1.807) is 6.92 Å². The Labute approximate surface area is 120 Å². The predicted octanol–water partition coefficient (Wildman–Crippen LogP) is 2.77. The van der Waals surface area contributed by atoms with E-state index in [-0.39, 0.29) is 30.8 Å². The van der Waals surface area contributed by atoms with E-state index in [1.807, 2.05) is 19.1 Å². The highest BCUT2D eigenvalue weighted by atomic mass is 16.5. The third-order valence-corrected chi connectivity index (χ3v) is 3.13. The minimum Gasteiger partial charge on any atom is -0.466 e. The van der Waals surface area contributed by atoms with Gasteiger partial charge in [-0.15, -0.1) is 0 Å². The van der Waals surface area contributed by atoms with Gasteiger partial charge >= 0.3 is 5.97 Å². The number of hydrogen-bond donors (Lipinski definition) is 1. The Morgan fingerprint density at radius 2 is 1.80 bits per heavy atom. The first-order chi connectivity index (χ1) is 9.56. The lowest BCUT2D eigenvalue weighted by Gasteiger charge is -2.14. The van der Waals surface area contributed by atoms with Crippen LogP contribution in [-0.2, 0) is 20.7 Å². The van der Waals surface area contributed by atoms with Crippen LogP contribution in [0, 0.1) is 0 Å². The SMILES string of the molecule is CCOC(=O)CCC(=O)NC(C)c1ccc(CC)cc1. The number of hydrogen-bond acceptors (Lipinski definition) is 3. The van der Waals surface area contributed by atoms with Crippen molar-refractivity contribution < 1.29 is 14.3 Å². The summed E-state index contributed by atoms with van der Waals surface area (Å²) in [6.45, 7) is 6.14. The molecular formula is C16H23NO3. The molecule has 20 heavy (non-hydrogen) atoms. The molecule has 1 aromatic carbocycles. The third-order valence-electron chi connectivity index (χ3n) is 3.13. The molecule has 1 atom stereocenters. The van der Waals surface area contributed by atoms with E-state index >= 15 is 0 Å². The number of carbonyl (C=O) groups excluding carboxylic acids is 2. The van der Waals surface area contributed by atoms with Crippen molar-refractivity contribution in [1.29, 1.82) is 0 Å². The monoisotopic (exact) mass is 277 g/mol. The molecule has 0 spiro atoms. The first kappa shape index (κ1) is 16.2. The molecule has 0 aliphatic rings. The van der Waals surface area contributed by atoms with Crippen LogP contribution in [0.1, 0.15) is 50.8 Å². The number of carbonyl (C=O) groups is 2. The molecule has 1 unspecified atom stereocenters. The summed E-state index contributed by atoms with van der Waals surface area (Å²) >= 11 is 0. The molecular weight excluding hydrogens is 254 g/mol. The van der Waals surface area contributed by atoms with Gasteiger partial charge in [-0.05, 0) is 31.4 Å². The van der Waals surface area contributed by atoms with Crippen LogP contribution >= 0.6 is 0 Å². The van der Waals surface area contributed by atoms with Gasteiger partial charge in [0, 0.05) is 6.42 Å². The summed E-state index contributed by atoms with van der Waals surface area (Å²) in [5.74, 6) is -0.465. The lowest BCUT2D eigenvalue weighted by Crippen LogP contribution is -2.27. The summed E-state index contributed by atoms with van der Waals surface area (Å²) in [6.07, 6.45) is 1.29. The number of esters is 1. The number of nitrogens with one attached hydrogen (secondary N) is 1. The van der Waals surface area contributed by atoms with Crippen LogP contribution in [0.5, 0.6) is 0 Å². The minimum absolute atomic E-state index is 0.0596. The van der Waals surface area contributed by atoms with Gasteiger partial charge in [0.25, 0.3) is 0 Å². The van der Waals surface area contributed by atoms with Gasteiger partial charge in [0.1, 0.15) is 0 Å². The fourth-order valence-corrected chi connectivity index (χ4v) is 1.89. The summed E-state index contributed by atoms with van der Waals surface area (Å²) in [6, 6.07) is 8.12. The van der Waals surface area contributed by atoms with Crippen molar-refractivity contribution >= 4 is 11.9 Å². The van der Waals surface area contributed by atoms with E-state index in [2.05, 4.69) is 24.4 Å². The number of benzene rings is 1. The zero-order valence-corrected chi connectivity index (χ0v) is 12.4.